The van der Waals surface area contributed by atoms with Gasteiger partial charge in [0.1, 0.15) is 0 Å². The molecule has 7 nitrogen and oxygen atoms in total. The number of rotatable bonds is 11. The lowest BCUT2D eigenvalue weighted by Crippen LogP contribution is -2.34. The molecule has 0 aromatic carbocycles. The van der Waals surface area contributed by atoms with E-state index in [1.807, 2.05) is 6.92 Å². The van der Waals surface area contributed by atoms with Gasteiger partial charge in [0.25, 0.3) is 10.1 Å². The summed E-state index contributed by atoms with van der Waals surface area (Å²) in [6, 6.07) is 0. The van der Waals surface area contributed by atoms with Gasteiger partial charge in [-0.15, -0.1) is 0 Å². The molecule has 0 aromatic heterocycles. The topological polar surface area (TPSA) is 107 Å². The predicted molar refractivity (Wildman–Crippen MR) is 80.9 cm³/mol. The van der Waals surface area contributed by atoms with E-state index in [-0.39, 0.29) is 19.1 Å². The van der Waals surface area contributed by atoms with Gasteiger partial charge in [0.2, 0.25) is 0 Å². The Morgan fingerprint density at radius 1 is 1.14 bits per heavy atom. The predicted octanol–water partition coefficient (Wildman–Crippen LogP) is 1.96. The molecule has 0 aromatic rings. The number of hydrogen-bond donors (Lipinski definition) is 1. The second-order valence-electron chi connectivity index (χ2n) is 5.06. The SMILES string of the molecule is CCCCC(CC)COC(=O)CC(C(=O)OCC)S(=O)(=O)O. The van der Waals surface area contributed by atoms with Crippen LogP contribution in [0, 0.1) is 5.92 Å². The highest BCUT2D eigenvalue weighted by Crippen LogP contribution is 2.14. The third kappa shape index (κ3) is 8.33. The van der Waals surface area contributed by atoms with E-state index in [0.717, 1.165) is 25.7 Å². The second kappa shape index (κ2) is 10.6. The van der Waals surface area contributed by atoms with E-state index < -0.39 is 33.7 Å². The van der Waals surface area contributed by atoms with Crippen LogP contribution in [-0.4, -0.2) is 43.4 Å². The molecular weight excluding hydrogens is 312 g/mol. The Labute approximate surface area is 132 Å². The molecule has 0 spiro atoms. The minimum atomic E-state index is -4.72. The van der Waals surface area contributed by atoms with E-state index in [1.54, 1.807) is 0 Å². The summed E-state index contributed by atoms with van der Waals surface area (Å²) in [6.45, 7) is 5.67. The summed E-state index contributed by atoms with van der Waals surface area (Å²) in [6.07, 6.45) is 3.07. The van der Waals surface area contributed by atoms with Crippen molar-refractivity contribution in [3.05, 3.63) is 0 Å². The Morgan fingerprint density at radius 3 is 2.23 bits per heavy atom. The molecule has 0 aliphatic carbocycles. The standard InChI is InChI=1S/C14H26O7S/c1-4-7-8-11(5-2)10-21-13(15)9-12(22(17,18)19)14(16)20-6-3/h11-12H,4-10H2,1-3H3,(H,17,18,19). The van der Waals surface area contributed by atoms with Crippen LogP contribution in [-0.2, 0) is 29.2 Å². The Hall–Kier alpha value is -1.15. The zero-order chi connectivity index (χ0) is 17.2. The van der Waals surface area contributed by atoms with Crippen molar-refractivity contribution in [3.63, 3.8) is 0 Å². The zero-order valence-electron chi connectivity index (χ0n) is 13.4. The Morgan fingerprint density at radius 2 is 1.77 bits per heavy atom. The van der Waals surface area contributed by atoms with E-state index >= 15 is 0 Å². The van der Waals surface area contributed by atoms with Crippen molar-refractivity contribution in [2.45, 2.75) is 58.1 Å². The van der Waals surface area contributed by atoms with Crippen molar-refractivity contribution >= 4 is 22.1 Å². The number of hydrogen-bond acceptors (Lipinski definition) is 6. The van der Waals surface area contributed by atoms with E-state index in [9.17, 15) is 18.0 Å². The van der Waals surface area contributed by atoms with Gasteiger partial charge >= 0.3 is 11.9 Å². The summed E-state index contributed by atoms with van der Waals surface area (Å²) in [4.78, 5) is 23.2. The van der Waals surface area contributed by atoms with Crippen molar-refractivity contribution in [2.75, 3.05) is 13.2 Å². The van der Waals surface area contributed by atoms with Gasteiger partial charge in [-0.2, -0.15) is 8.42 Å². The number of carbonyl (C=O) groups is 2. The molecule has 0 heterocycles. The fourth-order valence-corrected chi connectivity index (χ4v) is 2.52. The Kier molecular flexibility index (Phi) is 10.0. The number of esters is 2. The highest BCUT2D eigenvalue weighted by Gasteiger charge is 2.35. The van der Waals surface area contributed by atoms with Gasteiger partial charge in [-0.1, -0.05) is 33.1 Å². The van der Waals surface area contributed by atoms with Crippen molar-refractivity contribution < 1.29 is 32.0 Å². The Bertz CT molecular complexity index is 444. The van der Waals surface area contributed by atoms with Crippen molar-refractivity contribution in [1.29, 1.82) is 0 Å². The van der Waals surface area contributed by atoms with Crippen LogP contribution >= 0.6 is 0 Å². The van der Waals surface area contributed by atoms with Crippen LogP contribution in [0.3, 0.4) is 0 Å². The summed E-state index contributed by atoms with van der Waals surface area (Å²) in [5.41, 5.74) is 0. The lowest BCUT2D eigenvalue weighted by atomic mass is 10.0. The first kappa shape index (κ1) is 20.9. The molecule has 2 unspecified atom stereocenters. The second-order valence-corrected chi connectivity index (χ2v) is 6.66. The molecule has 2 atom stereocenters. The fraction of sp³-hybridized carbons (Fsp3) is 0.857. The first-order valence-corrected chi connectivity index (χ1v) is 9.05. The van der Waals surface area contributed by atoms with E-state index in [1.165, 1.54) is 6.92 Å². The molecule has 22 heavy (non-hydrogen) atoms. The van der Waals surface area contributed by atoms with Gasteiger partial charge in [0, 0.05) is 0 Å². The minimum Gasteiger partial charge on any atom is -0.465 e. The summed E-state index contributed by atoms with van der Waals surface area (Å²) < 4.78 is 40.9. The van der Waals surface area contributed by atoms with Crippen LogP contribution < -0.4 is 0 Å². The lowest BCUT2D eigenvalue weighted by Gasteiger charge is -2.16. The number of carbonyl (C=O) groups excluding carboxylic acids is 2. The minimum absolute atomic E-state index is 0.0468. The molecule has 0 bridgehead atoms. The Balaban J connectivity index is 4.54. The summed E-state index contributed by atoms with van der Waals surface area (Å²) in [7, 11) is -4.72. The van der Waals surface area contributed by atoms with Crippen LogP contribution in [0.5, 0.6) is 0 Å². The van der Waals surface area contributed by atoms with Crippen LogP contribution in [0.4, 0.5) is 0 Å². The van der Waals surface area contributed by atoms with Crippen LogP contribution in [0.15, 0.2) is 0 Å². The highest BCUT2D eigenvalue weighted by molar-refractivity contribution is 7.87. The monoisotopic (exact) mass is 338 g/mol. The maximum Gasteiger partial charge on any atom is 0.327 e. The van der Waals surface area contributed by atoms with Gasteiger partial charge in [-0.05, 0) is 19.3 Å². The smallest absolute Gasteiger partial charge is 0.327 e. The third-order valence-electron chi connectivity index (χ3n) is 3.28. The fourth-order valence-electron chi connectivity index (χ4n) is 1.86. The van der Waals surface area contributed by atoms with Crippen LogP contribution in [0.25, 0.3) is 0 Å². The highest BCUT2D eigenvalue weighted by atomic mass is 32.2. The normalized spacial score (nSPS) is 14.2. The van der Waals surface area contributed by atoms with Gasteiger partial charge in [-0.3, -0.25) is 14.1 Å². The molecule has 1 N–H and O–H groups in total. The van der Waals surface area contributed by atoms with Crippen molar-refractivity contribution in [1.82, 2.24) is 0 Å². The first-order chi connectivity index (χ1) is 10.3. The summed E-state index contributed by atoms with van der Waals surface area (Å²) in [5, 5.41) is -1.93. The molecule has 0 saturated carbocycles. The third-order valence-corrected chi connectivity index (χ3v) is 4.36. The van der Waals surface area contributed by atoms with Crippen LogP contribution in [0.1, 0.15) is 52.9 Å². The summed E-state index contributed by atoms with van der Waals surface area (Å²) in [5.74, 6) is -1.79. The first-order valence-electron chi connectivity index (χ1n) is 7.54. The molecule has 8 heteroatoms. The molecule has 0 aliphatic rings. The van der Waals surface area contributed by atoms with Crippen molar-refractivity contribution in [2.24, 2.45) is 5.92 Å². The molecule has 0 rings (SSSR count). The zero-order valence-corrected chi connectivity index (χ0v) is 14.2. The molecule has 0 aliphatic heterocycles. The quantitative estimate of drug-likeness (QED) is 0.453. The number of unbranched alkanes of at least 4 members (excludes halogenated alkanes) is 1. The average Bonchev–Trinajstić information content (AvgIpc) is 2.44. The molecule has 0 saturated heterocycles. The van der Waals surface area contributed by atoms with Crippen molar-refractivity contribution in [3.8, 4) is 0 Å². The molecule has 0 amide bonds. The van der Waals surface area contributed by atoms with Crippen LogP contribution in [0.2, 0.25) is 0 Å². The molecular formula is C14H26O7S. The van der Waals surface area contributed by atoms with Gasteiger partial charge in [0.05, 0.1) is 19.6 Å². The maximum absolute atomic E-state index is 11.7. The number of ether oxygens (including phenoxy) is 2. The van der Waals surface area contributed by atoms with E-state index in [2.05, 4.69) is 11.7 Å². The molecule has 0 fully saturated rings. The van der Waals surface area contributed by atoms with Gasteiger partial charge in [-0.25, -0.2) is 0 Å². The van der Waals surface area contributed by atoms with Gasteiger partial charge < -0.3 is 9.47 Å². The lowest BCUT2D eigenvalue weighted by molar-refractivity contribution is -0.150. The molecule has 0 radical (unpaired) electrons. The average molecular weight is 338 g/mol. The van der Waals surface area contributed by atoms with E-state index in [4.69, 9.17) is 9.29 Å². The van der Waals surface area contributed by atoms with Gasteiger partial charge in [0.15, 0.2) is 5.25 Å². The largest absolute Gasteiger partial charge is 0.465 e. The maximum atomic E-state index is 11.7. The molecule has 130 valence electrons. The summed E-state index contributed by atoms with van der Waals surface area (Å²) >= 11 is 0. The van der Waals surface area contributed by atoms with E-state index in [0.29, 0.717) is 0 Å².